The van der Waals surface area contributed by atoms with Gasteiger partial charge in [0.1, 0.15) is 0 Å². The van der Waals surface area contributed by atoms with Crippen molar-refractivity contribution in [3.63, 3.8) is 0 Å². The molecule has 0 rings (SSSR count). The molecule has 0 nitrogen and oxygen atoms in total. The molecular formula is C5H7BrF2. The molecule has 0 aliphatic rings. The smallest absolute Gasteiger partial charge is 0.205 e. The molecule has 0 aliphatic heterocycles. The molecule has 0 amide bonds. The molecule has 3 heteroatoms. The molecule has 0 heterocycles. The largest absolute Gasteiger partial charge is 0.259 e. The second-order valence-corrected chi connectivity index (χ2v) is 2.05. The SMILES string of the molecule is C/C(=C/CBr)C(F)F. The van der Waals surface area contributed by atoms with Gasteiger partial charge in [0.15, 0.2) is 0 Å². The fourth-order valence-corrected chi connectivity index (χ4v) is 0.721. The van der Waals surface area contributed by atoms with Gasteiger partial charge in [0.05, 0.1) is 0 Å². The summed E-state index contributed by atoms with van der Waals surface area (Å²) in [7, 11) is 0. The van der Waals surface area contributed by atoms with Gasteiger partial charge in [-0.05, 0) is 12.5 Å². The number of hydrogen-bond acceptors (Lipinski definition) is 0. The lowest BCUT2D eigenvalue weighted by atomic mass is 10.3. The molecule has 0 aliphatic carbocycles. The van der Waals surface area contributed by atoms with Crippen LogP contribution in [0.1, 0.15) is 6.92 Å². The van der Waals surface area contributed by atoms with Crippen molar-refractivity contribution in [2.24, 2.45) is 0 Å². The third-order valence-electron chi connectivity index (χ3n) is 0.743. The van der Waals surface area contributed by atoms with Crippen molar-refractivity contribution >= 4 is 15.9 Å². The lowest BCUT2D eigenvalue weighted by Gasteiger charge is -1.93. The van der Waals surface area contributed by atoms with Crippen LogP contribution >= 0.6 is 15.9 Å². The van der Waals surface area contributed by atoms with E-state index in [1.165, 1.54) is 13.0 Å². The summed E-state index contributed by atoms with van der Waals surface area (Å²) in [4.78, 5) is 0. The number of hydrogen-bond donors (Lipinski definition) is 0. The minimum atomic E-state index is -2.30. The molecule has 0 bridgehead atoms. The summed E-state index contributed by atoms with van der Waals surface area (Å²) in [6, 6.07) is 0. The molecule has 0 spiro atoms. The molecule has 0 N–H and O–H groups in total. The average Bonchev–Trinajstić information content (AvgIpc) is 1.67. The maximum atomic E-state index is 11.5. The minimum Gasteiger partial charge on any atom is -0.205 e. The van der Waals surface area contributed by atoms with Crippen LogP contribution in [0.4, 0.5) is 8.78 Å². The zero-order valence-corrected chi connectivity index (χ0v) is 6.08. The van der Waals surface area contributed by atoms with E-state index in [1.54, 1.807) is 0 Å². The van der Waals surface area contributed by atoms with Crippen molar-refractivity contribution in [2.45, 2.75) is 13.3 Å². The van der Waals surface area contributed by atoms with Gasteiger partial charge >= 0.3 is 0 Å². The standard InChI is InChI=1S/C5H7BrF2/c1-4(2-3-6)5(7)8/h2,5H,3H2,1H3/b4-2-. The zero-order valence-electron chi connectivity index (χ0n) is 4.50. The number of rotatable bonds is 2. The Morgan fingerprint density at radius 2 is 2.25 bits per heavy atom. The Hall–Kier alpha value is 0.0800. The van der Waals surface area contributed by atoms with E-state index in [0.717, 1.165) is 0 Å². The Labute approximate surface area is 55.7 Å². The van der Waals surface area contributed by atoms with Crippen molar-refractivity contribution < 1.29 is 8.78 Å². The Balaban J connectivity index is 3.61. The van der Waals surface area contributed by atoms with Gasteiger partial charge in [0.2, 0.25) is 0 Å². The maximum Gasteiger partial charge on any atom is 0.259 e. The lowest BCUT2D eigenvalue weighted by Crippen LogP contribution is -1.90. The van der Waals surface area contributed by atoms with Crippen LogP contribution in [0, 0.1) is 0 Å². The van der Waals surface area contributed by atoms with Gasteiger partial charge < -0.3 is 0 Å². The van der Waals surface area contributed by atoms with Crippen LogP contribution in [0.3, 0.4) is 0 Å². The fraction of sp³-hybridized carbons (Fsp3) is 0.600. The first-order chi connectivity index (χ1) is 3.68. The predicted octanol–water partition coefficient (Wildman–Crippen LogP) is 2.59. The summed E-state index contributed by atoms with van der Waals surface area (Å²) < 4.78 is 23.1. The molecular weight excluding hydrogens is 178 g/mol. The Morgan fingerprint density at radius 3 is 2.38 bits per heavy atom. The van der Waals surface area contributed by atoms with Gasteiger partial charge in [-0.15, -0.1) is 0 Å². The van der Waals surface area contributed by atoms with Gasteiger partial charge in [-0.3, -0.25) is 0 Å². The second kappa shape index (κ2) is 4.01. The number of alkyl halides is 3. The third kappa shape index (κ3) is 3.13. The topological polar surface area (TPSA) is 0 Å². The zero-order chi connectivity index (χ0) is 6.57. The van der Waals surface area contributed by atoms with Crippen molar-refractivity contribution in [1.29, 1.82) is 0 Å². The quantitative estimate of drug-likeness (QED) is 0.458. The van der Waals surface area contributed by atoms with Crippen molar-refractivity contribution in [2.75, 3.05) is 5.33 Å². The normalized spacial score (nSPS) is 12.9. The van der Waals surface area contributed by atoms with E-state index in [2.05, 4.69) is 15.9 Å². The molecule has 0 aromatic rings. The highest BCUT2D eigenvalue weighted by molar-refractivity contribution is 9.09. The summed E-state index contributed by atoms with van der Waals surface area (Å²) in [5, 5.41) is 0.503. The average molecular weight is 185 g/mol. The highest BCUT2D eigenvalue weighted by Gasteiger charge is 2.01. The molecule has 8 heavy (non-hydrogen) atoms. The third-order valence-corrected chi connectivity index (χ3v) is 1.07. The van der Waals surface area contributed by atoms with Crippen LogP contribution < -0.4 is 0 Å². The molecule has 0 saturated carbocycles. The van der Waals surface area contributed by atoms with Crippen LogP contribution in [-0.4, -0.2) is 11.8 Å². The predicted molar refractivity (Wildman–Crippen MR) is 33.6 cm³/mol. The molecule has 0 aromatic carbocycles. The molecule has 0 unspecified atom stereocenters. The van der Waals surface area contributed by atoms with E-state index < -0.39 is 6.43 Å². The summed E-state index contributed by atoms with van der Waals surface area (Å²) in [6.07, 6.45) is -0.849. The maximum absolute atomic E-state index is 11.5. The van der Waals surface area contributed by atoms with Gasteiger partial charge in [-0.2, -0.15) is 0 Å². The van der Waals surface area contributed by atoms with Gasteiger partial charge in [-0.1, -0.05) is 22.0 Å². The summed E-state index contributed by atoms with van der Waals surface area (Å²) in [5.74, 6) is 0. The summed E-state index contributed by atoms with van der Waals surface area (Å²) >= 11 is 3.01. The number of allylic oxidation sites excluding steroid dienone is 2. The van der Waals surface area contributed by atoms with Crippen LogP contribution in [0.2, 0.25) is 0 Å². The summed E-state index contributed by atoms with van der Waals surface area (Å²) in [5.41, 5.74) is 0.127. The first-order valence-electron chi connectivity index (χ1n) is 2.19. The first kappa shape index (κ1) is 8.08. The van der Waals surface area contributed by atoms with E-state index in [0.29, 0.717) is 5.33 Å². The number of halogens is 3. The molecule has 48 valence electrons. The van der Waals surface area contributed by atoms with Gasteiger partial charge in [0.25, 0.3) is 6.43 Å². The van der Waals surface area contributed by atoms with Crippen LogP contribution in [0.25, 0.3) is 0 Å². The Kier molecular flexibility index (Phi) is 4.05. The fourth-order valence-electron chi connectivity index (χ4n) is 0.211. The lowest BCUT2D eigenvalue weighted by molar-refractivity contribution is 0.189. The van der Waals surface area contributed by atoms with E-state index in [4.69, 9.17) is 0 Å². The molecule has 0 fully saturated rings. The molecule has 0 radical (unpaired) electrons. The summed E-state index contributed by atoms with van der Waals surface area (Å²) in [6.45, 7) is 1.41. The highest BCUT2D eigenvalue weighted by Crippen LogP contribution is 2.06. The molecule has 0 atom stereocenters. The van der Waals surface area contributed by atoms with Crippen LogP contribution in [0.15, 0.2) is 11.6 Å². The van der Waals surface area contributed by atoms with Crippen molar-refractivity contribution in [3.8, 4) is 0 Å². The van der Waals surface area contributed by atoms with Crippen LogP contribution in [0.5, 0.6) is 0 Å². The monoisotopic (exact) mass is 184 g/mol. The van der Waals surface area contributed by atoms with E-state index in [-0.39, 0.29) is 5.57 Å². The van der Waals surface area contributed by atoms with Gasteiger partial charge in [-0.25, -0.2) is 8.78 Å². The second-order valence-electron chi connectivity index (χ2n) is 1.40. The Bertz CT molecular complexity index is 88.4. The Morgan fingerprint density at radius 1 is 1.75 bits per heavy atom. The molecule has 0 saturated heterocycles. The minimum absolute atomic E-state index is 0.127. The van der Waals surface area contributed by atoms with Gasteiger partial charge in [0, 0.05) is 5.33 Å². The van der Waals surface area contributed by atoms with Crippen molar-refractivity contribution in [3.05, 3.63) is 11.6 Å². The molecule has 0 aromatic heterocycles. The van der Waals surface area contributed by atoms with Crippen LogP contribution in [-0.2, 0) is 0 Å². The van der Waals surface area contributed by atoms with E-state index in [1.807, 2.05) is 0 Å². The van der Waals surface area contributed by atoms with Crippen molar-refractivity contribution in [1.82, 2.24) is 0 Å². The first-order valence-corrected chi connectivity index (χ1v) is 3.31. The van der Waals surface area contributed by atoms with E-state index in [9.17, 15) is 8.78 Å². The highest BCUT2D eigenvalue weighted by atomic mass is 79.9. The van der Waals surface area contributed by atoms with E-state index >= 15 is 0 Å².